The number of carbonyl (C=O) groups is 1. The first-order valence-corrected chi connectivity index (χ1v) is 8.41. The molecule has 0 fully saturated rings. The van der Waals surface area contributed by atoms with Gasteiger partial charge >= 0.3 is 0 Å². The fourth-order valence-electron chi connectivity index (χ4n) is 2.81. The number of rotatable bonds is 7. The predicted molar refractivity (Wildman–Crippen MR) is 105 cm³/mol. The molecule has 0 aliphatic heterocycles. The molecule has 0 saturated carbocycles. The molecule has 1 heterocycles. The third kappa shape index (κ3) is 4.00. The fourth-order valence-corrected chi connectivity index (χ4v) is 2.81. The Morgan fingerprint density at radius 2 is 2.00 bits per heavy atom. The largest absolute Gasteiger partial charge is 0.493 e. The predicted octanol–water partition coefficient (Wildman–Crippen LogP) is 3.87. The molecule has 27 heavy (non-hydrogen) atoms. The molecule has 0 atom stereocenters. The summed E-state index contributed by atoms with van der Waals surface area (Å²) in [5, 5.41) is 2.90. The van der Waals surface area contributed by atoms with E-state index in [4.69, 9.17) is 9.47 Å². The zero-order valence-electron chi connectivity index (χ0n) is 15.3. The van der Waals surface area contributed by atoms with Gasteiger partial charge in [-0.3, -0.25) is 4.79 Å². The van der Waals surface area contributed by atoms with Crippen molar-refractivity contribution in [1.82, 2.24) is 9.55 Å². The normalized spacial score (nSPS) is 10.3. The summed E-state index contributed by atoms with van der Waals surface area (Å²) in [6.07, 6.45) is 7.62. The van der Waals surface area contributed by atoms with Crippen molar-refractivity contribution in [3.63, 3.8) is 0 Å². The van der Waals surface area contributed by atoms with Crippen LogP contribution in [0.4, 0.5) is 5.69 Å². The van der Waals surface area contributed by atoms with Gasteiger partial charge in [-0.2, -0.15) is 0 Å². The fraction of sp³-hybridized carbons (Fsp3) is 0.143. The Morgan fingerprint density at radius 1 is 1.22 bits per heavy atom. The SMILES string of the molecule is C=CCc1cc(C(=O)Nc2ccc(-n3ccnc3)cc2)cc(OC)c1OC. The lowest BCUT2D eigenvalue weighted by atomic mass is 10.0. The number of hydrogen-bond donors (Lipinski definition) is 1. The van der Waals surface area contributed by atoms with Crippen LogP contribution in [0.15, 0.2) is 67.8 Å². The van der Waals surface area contributed by atoms with Gasteiger partial charge in [0.2, 0.25) is 0 Å². The molecule has 3 aromatic rings. The molecule has 1 N–H and O–H groups in total. The monoisotopic (exact) mass is 363 g/mol. The molecule has 0 radical (unpaired) electrons. The van der Waals surface area contributed by atoms with Crippen LogP contribution >= 0.6 is 0 Å². The van der Waals surface area contributed by atoms with Gasteiger partial charge in [0.25, 0.3) is 5.91 Å². The third-order valence-corrected chi connectivity index (χ3v) is 4.11. The van der Waals surface area contributed by atoms with Crippen LogP contribution in [0, 0.1) is 0 Å². The first-order chi connectivity index (χ1) is 13.2. The summed E-state index contributed by atoms with van der Waals surface area (Å²) >= 11 is 0. The van der Waals surface area contributed by atoms with E-state index >= 15 is 0 Å². The topological polar surface area (TPSA) is 65.4 Å². The molecular formula is C21H21N3O3. The Morgan fingerprint density at radius 3 is 2.59 bits per heavy atom. The van der Waals surface area contributed by atoms with E-state index in [2.05, 4.69) is 16.9 Å². The molecule has 0 aliphatic carbocycles. The average Bonchev–Trinajstić information content (AvgIpc) is 3.23. The number of hydrogen-bond acceptors (Lipinski definition) is 4. The summed E-state index contributed by atoms with van der Waals surface area (Å²) < 4.78 is 12.7. The molecule has 1 amide bonds. The molecule has 1 aromatic heterocycles. The highest BCUT2D eigenvalue weighted by atomic mass is 16.5. The summed E-state index contributed by atoms with van der Waals surface area (Å²) in [6, 6.07) is 11.0. The minimum absolute atomic E-state index is 0.225. The summed E-state index contributed by atoms with van der Waals surface area (Å²) in [4.78, 5) is 16.7. The van der Waals surface area contributed by atoms with E-state index in [0.717, 1.165) is 11.3 Å². The maximum Gasteiger partial charge on any atom is 0.255 e. The van der Waals surface area contributed by atoms with Crippen molar-refractivity contribution in [3.8, 4) is 17.2 Å². The number of amides is 1. The van der Waals surface area contributed by atoms with Gasteiger partial charge in [0.15, 0.2) is 11.5 Å². The average molecular weight is 363 g/mol. The molecule has 0 bridgehead atoms. The van der Waals surface area contributed by atoms with Crippen LogP contribution in [0.2, 0.25) is 0 Å². The maximum atomic E-state index is 12.7. The Balaban J connectivity index is 1.83. The maximum absolute atomic E-state index is 12.7. The van der Waals surface area contributed by atoms with E-state index in [0.29, 0.717) is 29.2 Å². The highest BCUT2D eigenvalue weighted by Gasteiger charge is 2.16. The highest BCUT2D eigenvalue weighted by molar-refractivity contribution is 6.05. The lowest BCUT2D eigenvalue weighted by molar-refractivity contribution is 0.102. The van der Waals surface area contributed by atoms with Gasteiger partial charge in [0.05, 0.1) is 20.5 Å². The third-order valence-electron chi connectivity index (χ3n) is 4.11. The highest BCUT2D eigenvalue weighted by Crippen LogP contribution is 2.33. The van der Waals surface area contributed by atoms with Crippen LogP contribution in [0.5, 0.6) is 11.5 Å². The number of nitrogens with zero attached hydrogens (tertiary/aromatic N) is 2. The number of benzene rings is 2. The van der Waals surface area contributed by atoms with Crippen molar-refractivity contribution in [3.05, 3.63) is 78.9 Å². The molecule has 0 unspecified atom stereocenters. The van der Waals surface area contributed by atoms with Crippen molar-refractivity contribution < 1.29 is 14.3 Å². The Bertz CT molecular complexity index is 932. The summed E-state index contributed by atoms with van der Waals surface area (Å²) in [5.41, 5.74) is 2.99. The van der Waals surface area contributed by atoms with Crippen LogP contribution in [0.1, 0.15) is 15.9 Å². The minimum Gasteiger partial charge on any atom is -0.493 e. The summed E-state index contributed by atoms with van der Waals surface area (Å²) in [7, 11) is 3.12. The zero-order chi connectivity index (χ0) is 19.2. The molecular weight excluding hydrogens is 342 g/mol. The van der Waals surface area contributed by atoms with Crippen molar-refractivity contribution in [2.45, 2.75) is 6.42 Å². The first kappa shape index (κ1) is 18.3. The van der Waals surface area contributed by atoms with Gasteiger partial charge in [-0.05, 0) is 42.8 Å². The lowest BCUT2D eigenvalue weighted by Crippen LogP contribution is -2.13. The Hall–Kier alpha value is -3.54. The van der Waals surface area contributed by atoms with Crippen LogP contribution < -0.4 is 14.8 Å². The Labute approximate surface area is 158 Å². The second kappa shape index (κ2) is 8.23. The van der Waals surface area contributed by atoms with Gasteiger partial charge < -0.3 is 19.4 Å². The summed E-state index contributed by atoms with van der Waals surface area (Å²) in [5.74, 6) is 0.896. The van der Waals surface area contributed by atoms with Gasteiger partial charge in [0.1, 0.15) is 0 Å². The van der Waals surface area contributed by atoms with Gasteiger partial charge in [-0.25, -0.2) is 4.98 Å². The Kier molecular flexibility index (Phi) is 5.56. The number of allylic oxidation sites excluding steroid dienone is 1. The van der Waals surface area contributed by atoms with E-state index in [9.17, 15) is 4.79 Å². The molecule has 2 aromatic carbocycles. The standard InChI is InChI=1S/C21H21N3O3/c1-4-5-15-12-16(13-19(26-2)20(15)27-3)21(25)23-17-6-8-18(9-7-17)24-11-10-22-14-24/h4,6-14H,1,5H2,2-3H3,(H,23,25). The molecule has 6 heteroatoms. The van der Waals surface area contributed by atoms with E-state index in [-0.39, 0.29) is 5.91 Å². The van der Waals surface area contributed by atoms with Gasteiger partial charge in [0, 0.05) is 34.9 Å². The minimum atomic E-state index is -0.225. The second-order valence-corrected chi connectivity index (χ2v) is 5.83. The van der Waals surface area contributed by atoms with Crippen LogP contribution in [0.3, 0.4) is 0 Å². The number of nitrogens with one attached hydrogen (secondary N) is 1. The molecule has 3 rings (SSSR count). The van der Waals surface area contributed by atoms with Gasteiger partial charge in [-0.15, -0.1) is 6.58 Å². The number of carbonyl (C=O) groups excluding carboxylic acids is 1. The zero-order valence-corrected chi connectivity index (χ0v) is 15.3. The molecule has 138 valence electrons. The molecule has 0 saturated heterocycles. The van der Waals surface area contributed by atoms with E-state index in [1.54, 1.807) is 45.0 Å². The van der Waals surface area contributed by atoms with Crippen molar-refractivity contribution in [2.24, 2.45) is 0 Å². The molecule has 6 nitrogen and oxygen atoms in total. The summed E-state index contributed by atoms with van der Waals surface area (Å²) in [6.45, 7) is 3.76. The number of anilines is 1. The first-order valence-electron chi connectivity index (χ1n) is 8.41. The van der Waals surface area contributed by atoms with Crippen LogP contribution in [-0.4, -0.2) is 29.7 Å². The number of ether oxygens (including phenoxy) is 2. The van der Waals surface area contributed by atoms with Crippen molar-refractivity contribution in [2.75, 3.05) is 19.5 Å². The van der Waals surface area contributed by atoms with Gasteiger partial charge in [-0.1, -0.05) is 6.08 Å². The van der Waals surface area contributed by atoms with Crippen molar-refractivity contribution >= 4 is 11.6 Å². The number of imidazole rings is 1. The van der Waals surface area contributed by atoms with E-state index in [1.165, 1.54) is 0 Å². The van der Waals surface area contributed by atoms with Crippen LogP contribution in [-0.2, 0) is 6.42 Å². The van der Waals surface area contributed by atoms with E-state index in [1.807, 2.05) is 35.0 Å². The van der Waals surface area contributed by atoms with Crippen molar-refractivity contribution in [1.29, 1.82) is 0 Å². The lowest BCUT2D eigenvalue weighted by Gasteiger charge is -2.14. The second-order valence-electron chi connectivity index (χ2n) is 5.83. The smallest absolute Gasteiger partial charge is 0.255 e. The number of aromatic nitrogens is 2. The van der Waals surface area contributed by atoms with E-state index < -0.39 is 0 Å². The number of methoxy groups -OCH3 is 2. The van der Waals surface area contributed by atoms with Crippen LogP contribution in [0.25, 0.3) is 5.69 Å². The molecule has 0 spiro atoms. The molecule has 0 aliphatic rings. The quantitative estimate of drug-likeness (QED) is 0.647.